The molecule has 5 heteroatoms. The standard InChI is InChI=1S/C10H10N2O2S/c1-5-6(2)15-7-3-4-12(10(11)14)9(13)8(5)7/h3-4H,1-2H3,(H2,11,14). The van der Waals surface area contributed by atoms with Crippen molar-refractivity contribution in [2.75, 3.05) is 0 Å². The van der Waals surface area contributed by atoms with Gasteiger partial charge in [0, 0.05) is 15.8 Å². The highest BCUT2D eigenvalue weighted by atomic mass is 32.1. The molecule has 0 saturated carbocycles. The summed E-state index contributed by atoms with van der Waals surface area (Å²) in [5.41, 5.74) is 5.68. The smallest absolute Gasteiger partial charge is 0.325 e. The monoisotopic (exact) mass is 222 g/mol. The van der Waals surface area contributed by atoms with Crippen molar-refractivity contribution in [3.8, 4) is 0 Å². The first-order valence-electron chi connectivity index (χ1n) is 4.43. The SMILES string of the molecule is Cc1sc2ccn(C(N)=O)c(=O)c2c1C. The number of rotatable bonds is 0. The van der Waals surface area contributed by atoms with Crippen LogP contribution in [0, 0.1) is 13.8 Å². The van der Waals surface area contributed by atoms with E-state index < -0.39 is 6.03 Å². The summed E-state index contributed by atoms with van der Waals surface area (Å²) in [5.74, 6) is 0. The summed E-state index contributed by atoms with van der Waals surface area (Å²) in [6.07, 6.45) is 1.42. The predicted octanol–water partition coefficient (Wildman–Crippen LogP) is 1.61. The molecule has 0 aliphatic heterocycles. The number of nitrogens with two attached hydrogens (primary N) is 1. The Morgan fingerprint density at radius 1 is 1.47 bits per heavy atom. The lowest BCUT2D eigenvalue weighted by atomic mass is 10.2. The van der Waals surface area contributed by atoms with Gasteiger partial charge in [0.1, 0.15) is 0 Å². The molecule has 15 heavy (non-hydrogen) atoms. The Morgan fingerprint density at radius 3 is 2.73 bits per heavy atom. The summed E-state index contributed by atoms with van der Waals surface area (Å²) in [5, 5.41) is 0.596. The normalized spacial score (nSPS) is 10.8. The third-order valence-corrected chi connectivity index (χ3v) is 3.63. The lowest BCUT2D eigenvalue weighted by Crippen LogP contribution is -2.31. The molecule has 2 aromatic rings. The van der Waals surface area contributed by atoms with Gasteiger partial charge in [-0.1, -0.05) is 0 Å². The number of thiophene rings is 1. The van der Waals surface area contributed by atoms with E-state index in [0.717, 1.165) is 19.7 Å². The van der Waals surface area contributed by atoms with Gasteiger partial charge in [-0.2, -0.15) is 0 Å². The minimum Gasteiger partial charge on any atom is -0.351 e. The van der Waals surface area contributed by atoms with Crippen LogP contribution >= 0.6 is 11.3 Å². The van der Waals surface area contributed by atoms with Gasteiger partial charge in [0.05, 0.1) is 5.39 Å². The third-order valence-electron chi connectivity index (χ3n) is 2.46. The second-order valence-electron chi connectivity index (χ2n) is 3.35. The summed E-state index contributed by atoms with van der Waals surface area (Å²) in [6.45, 7) is 3.83. The van der Waals surface area contributed by atoms with Crippen molar-refractivity contribution in [1.29, 1.82) is 0 Å². The van der Waals surface area contributed by atoms with E-state index in [1.807, 2.05) is 13.8 Å². The Labute approximate surface area is 89.9 Å². The molecule has 0 unspecified atom stereocenters. The van der Waals surface area contributed by atoms with Crippen LogP contribution in [0.1, 0.15) is 10.4 Å². The number of hydrogen-bond acceptors (Lipinski definition) is 3. The number of pyridine rings is 1. The predicted molar refractivity (Wildman–Crippen MR) is 60.5 cm³/mol. The van der Waals surface area contributed by atoms with E-state index in [-0.39, 0.29) is 5.56 Å². The van der Waals surface area contributed by atoms with Gasteiger partial charge in [-0.25, -0.2) is 9.36 Å². The summed E-state index contributed by atoms with van der Waals surface area (Å²) < 4.78 is 1.83. The second kappa shape index (κ2) is 3.20. The molecular formula is C10H10N2O2S. The van der Waals surface area contributed by atoms with Crippen LogP contribution in [0.4, 0.5) is 4.79 Å². The molecule has 2 heterocycles. The number of carbonyl (C=O) groups is 1. The zero-order valence-electron chi connectivity index (χ0n) is 8.40. The highest BCUT2D eigenvalue weighted by Gasteiger charge is 2.12. The van der Waals surface area contributed by atoms with E-state index in [1.54, 1.807) is 17.4 Å². The Balaban J connectivity index is 2.95. The topological polar surface area (TPSA) is 65.1 Å². The molecule has 0 aliphatic carbocycles. The van der Waals surface area contributed by atoms with E-state index in [9.17, 15) is 9.59 Å². The first-order valence-corrected chi connectivity index (χ1v) is 5.25. The van der Waals surface area contributed by atoms with Gasteiger partial charge in [-0.3, -0.25) is 4.79 Å². The number of aromatic nitrogens is 1. The van der Waals surface area contributed by atoms with Crippen LogP contribution in [0.2, 0.25) is 0 Å². The van der Waals surface area contributed by atoms with Gasteiger partial charge < -0.3 is 5.73 Å². The van der Waals surface area contributed by atoms with E-state index in [2.05, 4.69) is 0 Å². The van der Waals surface area contributed by atoms with Gasteiger partial charge in [0.2, 0.25) is 0 Å². The molecule has 78 valence electrons. The molecule has 0 saturated heterocycles. The van der Waals surface area contributed by atoms with Crippen molar-refractivity contribution in [2.45, 2.75) is 13.8 Å². The van der Waals surface area contributed by atoms with E-state index in [1.165, 1.54) is 6.20 Å². The lowest BCUT2D eigenvalue weighted by molar-refractivity contribution is 0.249. The van der Waals surface area contributed by atoms with Gasteiger partial charge >= 0.3 is 6.03 Å². The minimum atomic E-state index is -0.745. The van der Waals surface area contributed by atoms with Crippen molar-refractivity contribution in [3.05, 3.63) is 33.1 Å². The van der Waals surface area contributed by atoms with Crippen LogP contribution in [-0.2, 0) is 0 Å². The fraction of sp³-hybridized carbons (Fsp3) is 0.200. The molecule has 0 bridgehead atoms. The quantitative estimate of drug-likeness (QED) is 0.735. The first-order chi connectivity index (χ1) is 7.02. The maximum atomic E-state index is 11.9. The Kier molecular flexibility index (Phi) is 2.12. The fourth-order valence-corrected chi connectivity index (χ4v) is 2.60. The summed E-state index contributed by atoms with van der Waals surface area (Å²) in [7, 11) is 0. The van der Waals surface area contributed by atoms with Crippen molar-refractivity contribution >= 4 is 27.5 Å². The number of amides is 1. The Bertz CT molecular complexity index is 610. The number of carbonyl (C=O) groups excluding carboxylic acids is 1. The van der Waals surface area contributed by atoms with Crippen molar-refractivity contribution in [2.24, 2.45) is 5.73 Å². The molecule has 2 N–H and O–H groups in total. The van der Waals surface area contributed by atoms with Crippen LogP contribution in [-0.4, -0.2) is 10.6 Å². The number of fused-ring (bicyclic) bond motifs is 1. The van der Waals surface area contributed by atoms with Crippen molar-refractivity contribution < 1.29 is 4.79 Å². The largest absolute Gasteiger partial charge is 0.351 e. The lowest BCUT2D eigenvalue weighted by Gasteiger charge is -1.99. The van der Waals surface area contributed by atoms with Gasteiger partial charge in [-0.15, -0.1) is 11.3 Å². The third kappa shape index (κ3) is 1.35. The zero-order valence-corrected chi connectivity index (χ0v) is 9.22. The molecule has 0 aromatic carbocycles. The van der Waals surface area contributed by atoms with E-state index in [0.29, 0.717) is 5.39 Å². The number of nitrogens with zero attached hydrogens (tertiary/aromatic N) is 1. The first kappa shape index (κ1) is 9.92. The maximum Gasteiger partial charge on any atom is 0.325 e. The average molecular weight is 222 g/mol. The van der Waals surface area contributed by atoms with Crippen LogP contribution in [0.5, 0.6) is 0 Å². The molecular weight excluding hydrogens is 212 g/mol. The van der Waals surface area contributed by atoms with Crippen LogP contribution in [0.15, 0.2) is 17.1 Å². The summed E-state index contributed by atoms with van der Waals surface area (Å²) in [6, 6.07) is 0.997. The average Bonchev–Trinajstić information content (AvgIpc) is 2.43. The van der Waals surface area contributed by atoms with Gasteiger partial charge in [-0.05, 0) is 25.5 Å². The Morgan fingerprint density at radius 2 is 2.13 bits per heavy atom. The van der Waals surface area contributed by atoms with Gasteiger partial charge in [0.15, 0.2) is 0 Å². The minimum absolute atomic E-state index is 0.332. The maximum absolute atomic E-state index is 11.9. The molecule has 4 nitrogen and oxygen atoms in total. The molecule has 0 spiro atoms. The van der Waals surface area contributed by atoms with Crippen molar-refractivity contribution in [3.63, 3.8) is 0 Å². The highest BCUT2D eigenvalue weighted by Crippen LogP contribution is 2.26. The summed E-state index contributed by atoms with van der Waals surface area (Å²) in [4.78, 5) is 23.9. The fourth-order valence-electron chi connectivity index (χ4n) is 1.54. The highest BCUT2D eigenvalue weighted by molar-refractivity contribution is 7.19. The molecule has 0 fully saturated rings. The summed E-state index contributed by atoms with van der Waals surface area (Å²) >= 11 is 1.55. The Hall–Kier alpha value is -1.62. The number of primary amides is 1. The zero-order chi connectivity index (χ0) is 11.2. The molecule has 2 rings (SSSR count). The van der Waals surface area contributed by atoms with Crippen LogP contribution in [0.3, 0.4) is 0 Å². The number of aryl methyl sites for hydroxylation is 2. The van der Waals surface area contributed by atoms with Crippen LogP contribution < -0.4 is 11.3 Å². The van der Waals surface area contributed by atoms with Crippen LogP contribution in [0.25, 0.3) is 10.1 Å². The van der Waals surface area contributed by atoms with E-state index >= 15 is 0 Å². The van der Waals surface area contributed by atoms with Crippen molar-refractivity contribution in [1.82, 2.24) is 4.57 Å². The molecule has 0 atom stereocenters. The molecule has 0 aliphatic rings. The second-order valence-corrected chi connectivity index (χ2v) is 4.61. The van der Waals surface area contributed by atoms with E-state index in [4.69, 9.17) is 5.73 Å². The van der Waals surface area contributed by atoms with Gasteiger partial charge in [0.25, 0.3) is 5.56 Å². The molecule has 2 aromatic heterocycles. The number of hydrogen-bond donors (Lipinski definition) is 1. The molecule has 0 radical (unpaired) electrons. The molecule has 1 amide bonds.